The van der Waals surface area contributed by atoms with Gasteiger partial charge in [-0.1, -0.05) is 11.6 Å². The van der Waals surface area contributed by atoms with E-state index in [-0.39, 0.29) is 12.4 Å². The van der Waals surface area contributed by atoms with Gasteiger partial charge in [-0.15, -0.1) is 0 Å². The zero-order chi connectivity index (χ0) is 13.8. The van der Waals surface area contributed by atoms with E-state index in [4.69, 9.17) is 16.3 Å². The second-order valence-corrected chi connectivity index (χ2v) is 5.29. The molecule has 0 heterocycles. The summed E-state index contributed by atoms with van der Waals surface area (Å²) in [7, 11) is 0. The molecule has 0 aliphatic heterocycles. The van der Waals surface area contributed by atoms with Crippen molar-refractivity contribution in [2.45, 2.75) is 32.8 Å². The molecule has 0 atom stereocenters. The summed E-state index contributed by atoms with van der Waals surface area (Å²) in [6, 6.07) is 4.06. The molecule has 0 unspecified atom stereocenters. The molecule has 18 heavy (non-hydrogen) atoms. The van der Waals surface area contributed by atoms with Gasteiger partial charge in [0.15, 0.2) is 0 Å². The number of benzene rings is 1. The third-order valence-corrected chi connectivity index (χ3v) is 2.31. The number of nitrogens with one attached hydrogen (secondary N) is 1. The summed E-state index contributed by atoms with van der Waals surface area (Å²) in [6.07, 6.45) is 0.227. The van der Waals surface area contributed by atoms with Crippen LogP contribution in [0.3, 0.4) is 0 Å². The largest absolute Gasteiger partial charge is 0.460 e. The molecule has 1 aromatic carbocycles. The molecule has 0 saturated carbocycles. The van der Waals surface area contributed by atoms with E-state index in [2.05, 4.69) is 5.32 Å². The molecule has 1 N–H and O–H groups in total. The number of esters is 1. The van der Waals surface area contributed by atoms with Gasteiger partial charge < -0.3 is 10.1 Å². The average molecular weight is 274 g/mol. The lowest BCUT2D eigenvalue weighted by Gasteiger charge is -2.19. The van der Waals surface area contributed by atoms with Crippen molar-refractivity contribution in [3.63, 3.8) is 0 Å². The summed E-state index contributed by atoms with van der Waals surface area (Å²) in [4.78, 5) is 11.4. The Hall–Kier alpha value is -1.29. The van der Waals surface area contributed by atoms with Crippen LogP contribution in [0, 0.1) is 5.82 Å². The fraction of sp³-hybridized carbons (Fsp3) is 0.462. The molecule has 0 bridgehead atoms. The number of anilines is 1. The average Bonchev–Trinajstić information content (AvgIpc) is 2.18. The maximum absolute atomic E-state index is 12.8. The SMILES string of the molecule is CC(C)(C)OC(=O)CCNc1ccc(F)cc1Cl. The van der Waals surface area contributed by atoms with Gasteiger partial charge >= 0.3 is 5.97 Å². The standard InChI is InChI=1S/C13H17ClFNO2/c1-13(2,3)18-12(17)6-7-16-11-5-4-9(15)8-10(11)14/h4-5,8,16H,6-7H2,1-3H3. The molecular formula is C13H17ClFNO2. The fourth-order valence-corrected chi connectivity index (χ4v) is 1.56. The lowest BCUT2D eigenvalue weighted by atomic mass is 10.2. The van der Waals surface area contributed by atoms with E-state index in [0.29, 0.717) is 17.3 Å². The van der Waals surface area contributed by atoms with Crippen LogP contribution in [0.4, 0.5) is 10.1 Å². The molecule has 0 aliphatic rings. The minimum atomic E-state index is -0.482. The van der Waals surface area contributed by atoms with Gasteiger partial charge in [0.25, 0.3) is 0 Å². The number of rotatable bonds is 4. The van der Waals surface area contributed by atoms with E-state index in [1.807, 2.05) is 20.8 Å². The Morgan fingerprint density at radius 3 is 2.67 bits per heavy atom. The first-order valence-corrected chi connectivity index (χ1v) is 6.06. The number of ether oxygens (including phenoxy) is 1. The zero-order valence-corrected chi connectivity index (χ0v) is 11.5. The van der Waals surface area contributed by atoms with Crippen LogP contribution in [-0.2, 0) is 9.53 Å². The van der Waals surface area contributed by atoms with Gasteiger partial charge in [0.1, 0.15) is 11.4 Å². The first kappa shape index (κ1) is 14.8. The molecule has 1 rings (SSSR count). The summed E-state index contributed by atoms with van der Waals surface area (Å²) in [5.41, 5.74) is 0.117. The molecule has 0 saturated heterocycles. The van der Waals surface area contributed by atoms with Crippen LogP contribution < -0.4 is 5.32 Å². The molecule has 0 aliphatic carbocycles. The van der Waals surface area contributed by atoms with Crippen LogP contribution in [0.1, 0.15) is 27.2 Å². The Kier molecular flexibility index (Phi) is 4.96. The predicted octanol–water partition coefficient (Wildman–Crippen LogP) is 3.62. The summed E-state index contributed by atoms with van der Waals surface area (Å²) in [6.45, 7) is 5.83. The minimum Gasteiger partial charge on any atom is -0.460 e. The maximum Gasteiger partial charge on any atom is 0.308 e. The molecular weight excluding hydrogens is 257 g/mol. The fourth-order valence-electron chi connectivity index (χ4n) is 1.32. The molecule has 0 radical (unpaired) electrons. The maximum atomic E-state index is 12.8. The highest BCUT2D eigenvalue weighted by atomic mass is 35.5. The van der Waals surface area contributed by atoms with E-state index in [1.165, 1.54) is 18.2 Å². The second-order valence-electron chi connectivity index (χ2n) is 4.89. The van der Waals surface area contributed by atoms with Crippen molar-refractivity contribution in [1.82, 2.24) is 0 Å². The van der Waals surface area contributed by atoms with Crippen molar-refractivity contribution in [3.05, 3.63) is 29.0 Å². The Balaban J connectivity index is 2.40. The molecule has 1 aromatic rings. The van der Waals surface area contributed by atoms with Gasteiger partial charge in [-0.3, -0.25) is 4.79 Å². The summed E-state index contributed by atoms with van der Waals surface area (Å²) >= 11 is 5.83. The third-order valence-electron chi connectivity index (χ3n) is 2.00. The van der Waals surface area contributed by atoms with Crippen LogP contribution in [0.5, 0.6) is 0 Å². The van der Waals surface area contributed by atoms with Crippen LogP contribution >= 0.6 is 11.6 Å². The number of hydrogen-bond acceptors (Lipinski definition) is 3. The molecule has 100 valence electrons. The molecule has 0 spiro atoms. The van der Waals surface area contributed by atoms with E-state index < -0.39 is 11.4 Å². The van der Waals surface area contributed by atoms with Crippen LogP contribution in [-0.4, -0.2) is 18.1 Å². The van der Waals surface area contributed by atoms with Gasteiger partial charge in [0.05, 0.1) is 17.1 Å². The highest BCUT2D eigenvalue weighted by Crippen LogP contribution is 2.22. The molecule has 3 nitrogen and oxygen atoms in total. The summed E-state index contributed by atoms with van der Waals surface area (Å²) in [5, 5.41) is 3.25. The van der Waals surface area contributed by atoms with Crippen molar-refractivity contribution < 1.29 is 13.9 Å². The van der Waals surface area contributed by atoms with Crippen molar-refractivity contribution >= 4 is 23.3 Å². The molecule has 5 heteroatoms. The predicted molar refractivity (Wildman–Crippen MR) is 70.4 cm³/mol. The van der Waals surface area contributed by atoms with Crippen LogP contribution in [0.15, 0.2) is 18.2 Å². The normalized spacial score (nSPS) is 11.2. The van der Waals surface area contributed by atoms with E-state index in [0.717, 1.165) is 0 Å². The highest BCUT2D eigenvalue weighted by Gasteiger charge is 2.15. The number of carbonyl (C=O) groups excluding carboxylic acids is 1. The first-order chi connectivity index (χ1) is 8.28. The van der Waals surface area contributed by atoms with Crippen molar-refractivity contribution in [2.24, 2.45) is 0 Å². The number of halogens is 2. The van der Waals surface area contributed by atoms with Gasteiger partial charge in [0, 0.05) is 6.54 Å². The molecule has 0 fully saturated rings. The van der Waals surface area contributed by atoms with Crippen LogP contribution in [0.2, 0.25) is 5.02 Å². The highest BCUT2D eigenvalue weighted by molar-refractivity contribution is 6.33. The van der Waals surface area contributed by atoms with Gasteiger partial charge in [-0.25, -0.2) is 4.39 Å². The lowest BCUT2D eigenvalue weighted by Crippen LogP contribution is -2.25. The number of hydrogen-bond donors (Lipinski definition) is 1. The van der Waals surface area contributed by atoms with Crippen LogP contribution in [0.25, 0.3) is 0 Å². The van der Waals surface area contributed by atoms with E-state index >= 15 is 0 Å². The van der Waals surface area contributed by atoms with Gasteiger partial charge in [-0.05, 0) is 39.0 Å². The Morgan fingerprint density at radius 2 is 2.11 bits per heavy atom. The van der Waals surface area contributed by atoms with E-state index in [9.17, 15) is 9.18 Å². The third kappa shape index (κ3) is 5.36. The zero-order valence-electron chi connectivity index (χ0n) is 10.7. The van der Waals surface area contributed by atoms with Crippen molar-refractivity contribution in [1.29, 1.82) is 0 Å². The Labute approximate surface area is 111 Å². The first-order valence-electron chi connectivity index (χ1n) is 5.69. The summed E-state index contributed by atoms with van der Waals surface area (Å²) < 4.78 is 18.0. The quantitative estimate of drug-likeness (QED) is 0.852. The smallest absolute Gasteiger partial charge is 0.308 e. The number of carbonyl (C=O) groups is 1. The summed E-state index contributed by atoms with van der Waals surface area (Å²) in [5.74, 6) is -0.675. The van der Waals surface area contributed by atoms with E-state index in [1.54, 1.807) is 0 Å². The van der Waals surface area contributed by atoms with Crippen molar-refractivity contribution in [3.8, 4) is 0 Å². The Morgan fingerprint density at radius 1 is 1.44 bits per heavy atom. The Bertz CT molecular complexity index is 429. The monoisotopic (exact) mass is 273 g/mol. The molecule has 0 amide bonds. The molecule has 0 aromatic heterocycles. The topological polar surface area (TPSA) is 38.3 Å². The minimum absolute atomic E-state index is 0.227. The lowest BCUT2D eigenvalue weighted by molar-refractivity contribution is -0.154. The second kappa shape index (κ2) is 6.05. The van der Waals surface area contributed by atoms with Gasteiger partial charge in [0.2, 0.25) is 0 Å². The van der Waals surface area contributed by atoms with Gasteiger partial charge in [-0.2, -0.15) is 0 Å². The van der Waals surface area contributed by atoms with Crippen molar-refractivity contribution in [2.75, 3.05) is 11.9 Å².